The van der Waals surface area contributed by atoms with E-state index in [4.69, 9.17) is 4.74 Å². The minimum atomic E-state index is -3.45. The second-order valence-electron chi connectivity index (χ2n) is 7.21. The van der Waals surface area contributed by atoms with Crippen molar-refractivity contribution in [2.45, 2.75) is 5.75 Å². The zero-order valence-corrected chi connectivity index (χ0v) is 19.1. The lowest BCUT2D eigenvalue weighted by Crippen LogP contribution is -2.25. The Bertz CT molecular complexity index is 1230. The average molecular weight is 463 g/mol. The van der Waals surface area contributed by atoms with Gasteiger partial charge in [-0.15, -0.1) is 6.58 Å². The second kappa shape index (κ2) is 11.3. The predicted molar refractivity (Wildman–Crippen MR) is 133 cm³/mol. The van der Waals surface area contributed by atoms with E-state index in [2.05, 4.69) is 16.6 Å². The molecule has 170 valence electrons. The first kappa shape index (κ1) is 24.0. The number of rotatable bonds is 10. The molecule has 7 heteroatoms. The van der Waals surface area contributed by atoms with Crippen molar-refractivity contribution < 1.29 is 17.9 Å². The Morgan fingerprint density at radius 2 is 1.64 bits per heavy atom. The van der Waals surface area contributed by atoms with Crippen LogP contribution < -0.4 is 14.8 Å². The Morgan fingerprint density at radius 1 is 0.970 bits per heavy atom. The van der Waals surface area contributed by atoms with Gasteiger partial charge in [0.2, 0.25) is 10.0 Å². The molecule has 3 aromatic rings. The van der Waals surface area contributed by atoms with E-state index in [1.54, 1.807) is 37.5 Å². The zero-order valence-electron chi connectivity index (χ0n) is 18.3. The number of hydrogen-bond donors (Lipinski definition) is 2. The van der Waals surface area contributed by atoms with Crippen LogP contribution in [0.25, 0.3) is 11.6 Å². The van der Waals surface area contributed by atoms with Gasteiger partial charge in [-0.05, 0) is 35.4 Å². The molecule has 0 saturated heterocycles. The van der Waals surface area contributed by atoms with E-state index in [0.717, 1.165) is 11.1 Å². The van der Waals surface area contributed by atoms with Crippen LogP contribution in [0.4, 0.5) is 5.69 Å². The van der Waals surface area contributed by atoms with Crippen LogP contribution in [0.3, 0.4) is 0 Å². The third-order valence-electron chi connectivity index (χ3n) is 4.78. The zero-order chi connectivity index (χ0) is 23.7. The van der Waals surface area contributed by atoms with Crippen LogP contribution in [-0.2, 0) is 20.6 Å². The number of amides is 1. The molecule has 6 nitrogen and oxygen atoms in total. The summed E-state index contributed by atoms with van der Waals surface area (Å²) < 4.78 is 32.0. The highest BCUT2D eigenvalue weighted by atomic mass is 32.2. The number of carbonyl (C=O) groups excluding carboxylic acids is 1. The largest absolute Gasteiger partial charge is 0.496 e. The number of sulfonamides is 1. The van der Waals surface area contributed by atoms with Crippen molar-refractivity contribution in [1.82, 2.24) is 4.72 Å². The molecule has 0 bridgehead atoms. The van der Waals surface area contributed by atoms with Gasteiger partial charge < -0.3 is 10.1 Å². The minimum absolute atomic E-state index is 0.155. The highest BCUT2D eigenvalue weighted by molar-refractivity contribution is 7.88. The van der Waals surface area contributed by atoms with Gasteiger partial charge in [0, 0.05) is 23.4 Å². The minimum Gasteiger partial charge on any atom is -0.496 e. The summed E-state index contributed by atoms with van der Waals surface area (Å²) in [6.07, 6.45) is 3.27. The van der Waals surface area contributed by atoms with Crippen molar-refractivity contribution >= 4 is 33.3 Å². The average Bonchev–Trinajstić information content (AvgIpc) is 2.83. The van der Waals surface area contributed by atoms with Crippen LogP contribution in [0, 0.1) is 0 Å². The molecule has 0 aromatic heterocycles. The van der Waals surface area contributed by atoms with Gasteiger partial charge in [0.15, 0.2) is 0 Å². The van der Waals surface area contributed by atoms with Crippen LogP contribution >= 0.6 is 0 Å². The van der Waals surface area contributed by atoms with Gasteiger partial charge in [-0.2, -0.15) is 0 Å². The normalized spacial score (nSPS) is 11.6. The fraction of sp³-hybridized carbons (Fsp3) is 0.115. The number of hydrogen-bond acceptors (Lipinski definition) is 4. The van der Waals surface area contributed by atoms with Gasteiger partial charge in [-0.25, -0.2) is 13.1 Å². The number of carbonyl (C=O) groups is 1. The molecule has 0 aliphatic heterocycles. The van der Waals surface area contributed by atoms with E-state index in [0.29, 0.717) is 22.6 Å². The Morgan fingerprint density at radius 3 is 2.30 bits per heavy atom. The van der Waals surface area contributed by atoms with E-state index in [9.17, 15) is 13.2 Å². The fourth-order valence-electron chi connectivity index (χ4n) is 3.18. The van der Waals surface area contributed by atoms with Gasteiger partial charge in [0.05, 0.1) is 12.9 Å². The van der Waals surface area contributed by atoms with Crippen molar-refractivity contribution in [2.24, 2.45) is 0 Å². The first-order chi connectivity index (χ1) is 15.9. The topological polar surface area (TPSA) is 84.5 Å². The summed E-state index contributed by atoms with van der Waals surface area (Å²) >= 11 is 0. The summed E-state index contributed by atoms with van der Waals surface area (Å²) in [6, 6.07) is 23.5. The van der Waals surface area contributed by atoms with Crippen molar-refractivity contribution in [2.75, 3.05) is 19.0 Å². The Labute approximate surface area is 194 Å². The first-order valence-electron chi connectivity index (χ1n) is 10.3. The van der Waals surface area contributed by atoms with Gasteiger partial charge in [0.25, 0.3) is 5.91 Å². The quantitative estimate of drug-likeness (QED) is 0.264. The molecule has 1 amide bonds. The van der Waals surface area contributed by atoms with E-state index in [1.165, 1.54) is 6.08 Å². The Kier molecular flexibility index (Phi) is 8.18. The monoisotopic (exact) mass is 462 g/mol. The van der Waals surface area contributed by atoms with Crippen LogP contribution in [-0.4, -0.2) is 28.0 Å². The highest BCUT2D eigenvalue weighted by Gasteiger charge is 2.15. The molecule has 0 fully saturated rings. The maximum atomic E-state index is 13.2. The number of para-hydroxylation sites is 1. The molecule has 0 unspecified atom stereocenters. The molecule has 0 aliphatic rings. The molecule has 0 aliphatic carbocycles. The summed E-state index contributed by atoms with van der Waals surface area (Å²) in [5.74, 6) is 0.215. The summed E-state index contributed by atoms with van der Waals surface area (Å²) in [5.41, 5.74) is 3.18. The number of anilines is 1. The fourth-order valence-corrected chi connectivity index (χ4v) is 4.28. The van der Waals surface area contributed by atoms with Crippen LogP contribution in [0.15, 0.2) is 91.5 Å². The molecule has 3 aromatic carbocycles. The molecule has 0 atom stereocenters. The van der Waals surface area contributed by atoms with Gasteiger partial charge in [-0.1, -0.05) is 66.7 Å². The van der Waals surface area contributed by atoms with E-state index >= 15 is 0 Å². The lowest BCUT2D eigenvalue weighted by molar-refractivity contribution is -0.111. The highest BCUT2D eigenvalue weighted by Crippen LogP contribution is 2.26. The third kappa shape index (κ3) is 6.90. The first-order valence-corrected chi connectivity index (χ1v) is 12.0. The summed E-state index contributed by atoms with van der Waals surface area (Å²) in [4.78, 5) is 13.2. The Hall–Kier alpha value is -3.68. The molecule has 2 N–H and O–H groups in total. The number of nitrogens with one attached hydrogen (secondary N) is 2. The van der Waals surface area contributed by atoms with Crippen LogP contribution in [0.1, 0.15) is 16.7 Å². The van der Waals surface area contributed by atoms with Gasteiger partial charge >= 0.3 is 0 Å². The van der Waals surface area contributed by atoms with Crippen molar-refractivity contribution in [1.29, 1.82) is 0 Å². The maximum Gasteiger partial charge on any atom is 0.256 e. The van der Waals surface area contributed by atoms with Gasteiger partial charge in [0.1, 0.15) is 5.75 Å². The van der Waals surface area contributed by atoms with Gasteiger partial charge in [-0.3, -0.25) is 4.79 Å². The molecule has 0 radical (unpaired) electrons. The lowest BCUT2D eigenvalue weighted by atomic mass is 10.0. The standard InChI is InChI=1S/C26H26N2O4S/c1-3-17-27-33(30,31)19-20-13-15-23(16-14-20)28-26(29)24(21-9-5-4-6-10-21)18-22-11-7-8-12-25(22)32-2/h3-16,18,27H,1,17,19H2,2H3,(H,28,29)/b24-18+. The van der Waals surface area contributed by atoms with Crippen molar-refractivity contribution in [3.05, 3.63) is 108 Å². The summed E-state index contributed by atoms with van der Waals surface area (Å²) in [6.45, 7) is 3.68. The molecule has 33 heavy (non-hydrogen) atoms. The van der Waals surface area contributed by atoms with Crippen LogP contribution in [0.2, 0.25) is 0 Å². The number of benzene rings is 3. The van der Waals surface area contributed by atoms with Crippen LogP contribution in [0.5, 0.6) is 5.75 Å². The molecule has 0 spiro atoms. The summed E-state index contributed by atoms with van der Waals surface area (Å²) in [5, 5.41) is 2.90. The molecule has 3 rings (SSSR count). The van der Waals surface area contributed by atoms with Crippen molar-refractivity contribution in [3.63, 3.8) is 0 Å². The summed E-state index contributed by atoms with van der Waals surface area (Å²) in [7, 11) is -1.87. The predicted octanol–water partition coefficient (Wildman–Crippen LogP) is 4.48. The number of ether oxygens (including phenoxy) is 1. The molecular formula is C26H26N2O4S. The number of methoxy groups -OCH3 is 1. The smallest absolute Gasteiger partial charge is 0.256 e. The van der Waals surface area contributed by atoms with E-state index < -0.39 is 10.0 Å². The molecule has 0 heterocycles. The van der Waals surface area contributed by atoms with Crippen molar-refractivity contribution in [3.8, 4) is 5.75 Å². The lowest BCUT2D eigenvalue weighted by Gasteiger charge is -2.12. The molecular weight excluding hydrogens is 436 g/mol. The third-order valence-corrected chi connectivity index (χ3v) is 6.10. The van der Waals surface area contributed by atoms with E-state index in [1.807, 2.05) is 54.6 Å². The second-order valence-corrected chi connectivity index (χ2v) is 9.02. The maximum absolute atomic E-state index is 13.2. The SMILES string of the molecule is C=CCNS(=O)(=O)Cc1ccc(NC(=O)/C(=C/c2ccccc2OC)c2ccccc2)cc1. The molecule has 0 saturated carbocycles. The Balaban J connectivity index is 1.83. The van der Waals surface area contributed by atoms with E-state index in [-0.39, 0.29) is 18.2 Å².